The van der Waals surface area contributed by atoms with E-state index in [1.165, 1.54) is 0 Å². The van der Waals surface area contributed by atoms with Crippen LogP contribution < -0.4 is 16.0 Å². The van der Waals surface area contributed by atoms with Crippen LogP contribution in [0.15, 0.2) is 38.8 Å². The van der Waals surface area contributed by atoms with Crippen LogP contribution in [0.1, 0.15) is 38.6 Å². The number of halogens is 4. The van der Waals surface area contributed by atoms with Gasteiger partial charge in [0.1, 0.15) is 12.2 Å². The van der Waals surface area contributed by atoms with E-state index < -0.39 is 23.8 Å². The number of thioether (sulfide) groups is 1. The maximum Gasteiger partial charge on any atom is 0.446 e. The first kappa shape index (κ1) is 25.0. The van der Waals surface area contributed by atoms with Gasteiger partial charge in [0.25, 0.3) is 0 Å². The first-order valence-corrected chi connectivity index (χ1v) is 13.0. The quantitative estimate of drug-likeness (QED) is 0.221. The van der Waals surface area contributed by atoms with Crippen LogP contribution in [-0.2, 0) is 4.79 Å². The van der Waals surface area contributed by atoms with Crippen molar-refractivity contribution in [2.75, 3.05) is 18.4 Å². The first-order chi connectivity index (χ1) is 17.1. The van der Waals surface area contributed by atoms with Gasteiger partial charge in [0.05, 0.1) is 21.3 Å². The molecule has 1 amide bonds. The summed E-state index contributed by atoms with van der Waals surface area (Å²) in [5, 5.41) is 13.3. The largest absolute Gasteiger partial charge is 0.446 e. The third kappa shape index (κ3) is 4.96. The Labute approximate surface area is 212 Å². The number of nitrogens with one attached hydrogen (secondary N) is 3. The molecule has 192 valence electrons. The molecule has 0 unspecified atom stereocenters. The summed E-state index contributed by atoms with van der Waals surface area (Å²) in [6.07, 6.45) is -0.215. The summed E-state index contributed by atoms with van der Waals surface area (Å²) >= 11 is 0.853. The number of rotatable bonds is 5. The Kier molecular flexibility index (Phi) is 6.72. The number of hydrogen-bond donors (Lipinski definition) is 3. The monoisotopic (exact) mass is 541 g/mol. The van der Waals surface area contributed by atoms with Gasteiger partial charge in [-0.3, -0.25) is 4.79 Å². The lowest BCUT2D eigenvalue weighted by Gasteiger charge is -2.28. The number of nitrogens with zero attached hydrogens (tertiary/aromatic N) is 2. The molecule has 0 radical (unpaired) electrons. The fourth-order valence-electron chi connectivity index (χ4n) is 4.40. The second kappa shape index (κ2) is 9.67. The molecule has 3 aromatic rings. The normalized spacial score (nSPS) is 22.8. The van der Waals surface area contributed by atoms with Gasteiger partial charge >= 0.3 is 5.51 Å². The molecule has 13 heteroatoms. The van der Waals surface area contributed by atoms with E-state index in [9.17, 15) is 22.4 Å². The SMILES string of the molecule is CC(C)=C1C[C@H](c2nc(-c3sc4c(N[C@@H]5CCNC[C@@H]5F)cccc4c3SC(F)(F)F)no2)NC1=O. The summed E-state index contributed by atoms with van der Waals surface area (Å²) in [6.45, 7) is 4.52. The Balaban J connectivity index is 1.54. The maximum absolute atomic E-state index is 14.4. The summed E-state index contributed by atoms with van der Waals surface area (Å²) in [4.78, 5) is 16.7. The molecule has 1 aromatic carbocycles. The molecule has 0 spiro atoms. The minimum Gasteiger partial charge on any atom is -0.378 e. The molecule has 2 fully saturated rings. The molecule has 2 saturated heterocycles. The number of allylic oxidation sites excluding steroid dienone is 1. The van der Waals surface area contributed by atoms with Crippen LogP contribution in [0.4, 0.5) is 23.2 Å². The second-order valence-electron chi connectivity index (χ2n) is 8.91. The van der Waals surface area contributed by atoms with Crippen molar-refractivity contribution in [1.29, 1.82) is 0 Å². The molecule has 7 nitrogen and oxygen atoms in total. The summed E-state index contributed by atoms with van der Waals surface area (Å²) in [7, 11) is 0. The van der Waals surface area contributed by atoms with Gasteiger partial charge in [-0.15, -0.1) is 11.3 Å². The molecule has 0 bridgehead atoms. The highest BCUT2D eigenvalue weighted by Gasteiger charge is 2.36. The number of carbonyl (C=O) groups is 1. The summed E-state index contributed by atoms with van der Waals surface area (Å²) in [5.41, 5.74) is -2.50. The topological polar surface area (TPSA) is 92.1 Å². The van der Waals surface area contributed by atoms with Crippen molar-refractivity contribution in [1.82, 2.24) is 20.8 Å². The van der Waals surface area contributed by atoms with Crippen LogP contribution >= 0.6 is 23.1 Å². The van der Waals surface area contributed by atoms with Gasteiger partial charge in [-0.25, -0.2) is 4.39 Å². The number of aromatic nitrogens is 2. The van der Waals surface area contributed by atoms with Crippen LogP contribution in [0.5, 0.6) is 0 Å². The number of alkyl halides is 4. The van der Waals surface area contributed by atoms with E-state index in [2.05, 4.69) is 26.1 Å². The number of hydrogen-bond acceptors (Lipinski definition) is 8. The number of thiophene rings is 1. The zero-order valence-electron chi connectivity index (χ0n) is 19.3. The van der Waals surface area contributed by atoms with Crippen molar-refractivity contribution >= 4 is 44.8 Å². The van der Waals surface area contributed by atoms with Crippen molar-refractivity contribution in [3.8, 4) is 10.7 Å². The predicted octanol–water partition coefficient (Wildman–Crippen LogP) is 5.57. The number of carbonyl (C=O) groups excluding carboxylic acids is 1. The van der Waals surface area contributed by atoms with Crippen LogP contribution in [0.2, 0.25) is 0 Å². The third-order valence-corrected chi connectivity index (χ3v) is 8.39. The van der Waals surface area contributed by atoms with Crippen molar-refractivity contribution in [3.63, 3.8) is 0 Å². The van der Waals surface area contributed by atoms with E-state index in [1.54, 1.807) is 18.2 Å². The van der Waals surface area contributed by atoms with Gasteiger partial charge in [-0.1, -0.05) is 22.9 Å². The van der Waals surface area contributed by atoms with Gasteiger partial charge in [-0.2, -0.15) is 18.2 Å². The lowest BCUT2D eigenvalue weighted by Crippen LogP contribution is -2.45. The second-order valence-corrected chi connectivity index (χ2v) is 11.0. The Hall–Kier alpha value is -2.64. The third-order valence-electron chi connectivity index (χ3n) is 6.17. The molecule has 2 aromatic heterocycles. The van der Waals surface area contributed by atoms with Crippen LogP contribution in [0.3, 0.4) is 0 Å². The van der Waals surface area contributed by atoms with Crippen molar-refractivity contribution < 1.29 is 26.9 Å². The lowest BCUT2D eigenvalue weighted by atomic mass is 10.0. The van der Waals surface area contributed by atoms with E-state index in [0.717, 1.165) is 16.9 Å². The first-order valence-electron chi connectivity index (χ1n) is 11.3. The van der Waals surface area contributed by atoms with E-state index in [1.807, 2.05) is 13.8 Å². The van der Waals surface area contributed by atoms with E-state index in [4.69, 9.17) is 4.52 Å². The summed E-state index contributed by atoms with van der Waals surface area (Å²) in [6, 6.07) is 3.98. The van der Waals surface area contributed by atoms with Gasteiger partial charge in [0.2, 0.25) is 17.6 Å². The number of anilines is 1. The van der Waals surface area contributed by atoms with Crippen molar-refractivity contribution in [2.24, 2.45) is 0 Å². The molecule has 2 aliphatic rings. The lowest BCUT2D eigenvalue weighted by molar-refractivity contribution is -0.116. The zero-order valence-corrected chi connectivity index (χ0v) is 21.0. The van der Waals surface area contributed by atoms with Gasteiger partial charge < -0.3 is 20.5 Å². The minimum atomic E-state index is -4.55. The van der Waals surface area contributed by atoms with Crippen LogP contribution in [0, 0.1) is 0 Å². The molecular weight excluding hydrogens is 518 g/mol. The molecule has 36 heavy (non-hydrogen) atoms. The highest BCUT2D eigenvalue weighted by molar-refractivity contribution is 8.00. The molecule has 4 heterocycles. The fourth-order valence-corrected chi connectivity index (χ4v) is 6.51. The Bertz CT molecular complexity index is 1330. The standard InChI is InChI=1S/C23H23F4N5O2S2/c1-10(2)12-8-16(30-21(12)33)22-31-20(32-34-22)19-18(36-23(25,26)27)11-4-3-5-15(17(11)35-19)29-14-6-7-28-9-13(14)24/h3-5,13-14,16,28-29H,6-9H2,1-2H3,(H,30,33)/t13-,14+,16+/m0/s1. The predicted molar refractivity (Wildman–Crippen MR) is 131 cm³/mol. The van der Waals surface area contributed by atoms with Crippen LogP contribution in [0.25, 0.3) is 20.8 Å². The molecule has 3 atom stereocenters. The molecular formula is C23H23F4N5O2S2. The molecule has 2 aliphatic heterocycles. The highest BCUT2D eigenvalue weighted by Crippen LogP contribution is 2.51. The van der Waals surface area contributed by atoms with Gasteiger partial charge in [-0.05, 0) is 44.6 Å². The molecule has 5 rings (SSSR count). The molecule has 0 saturated carbocycles. The Morgan fingerprint density at radius 2 is 2.11 bits per heavy atom. The van der Waals surface area contributed by atoms with Gasteiger partial charge in [0, 0.05) is 28.8 Å². The zero-order chi connectivity index (χ0) is 25.6. The Morgan fingerprint density at radius 3 is 2.81 bits per heavy atom. The number of amides is 1. The molecule has 0 aliphatic carbocycles. The van der Waals surface area contributed by atoms with Crippen LogP contribution in [-0.4, -0.2) is 46.9 Å². The minimum absolute atomic E-state index is 0.00836. The van der Waals surface area contributed by atoms with E-state index >= 15 is 0 Å². The summed E-state index contributed by atoms with van der Waals surface area (Å²) < 4.78 is 61.0. The van der Waals surface area contributed by atoms with Crippen molar-refractivity contribution in [3.05, 3.63) is 35.2 Å². The van der Waals surface area contributed by atoms with Gasteiger partial charge in [0.15, 0.2) is 0 Å². The average molecular weight is 542 g/mol. The summed E-state index contributed by atoms with van der Waals surface area (Å²) in [5.74, 6) is -0.0907. The maximum atomic E-state index is 14.4. The highest BCUT2D eigenvalue weighted by atomic mass is 32.2. The smallest absolute Gasteiger partial charge is 0.378 e. The van der Waals surface area contributed by atoms with E-state index in [0.29, 0.717) is 40.7 Å². The number of benzene rings is 1. The van der Waals surface area contributed by atoms with Crippen molar-refractivity contribution in [2.45, 2.75) is 55.3 Å². The molecule has 3 N–H and O–H groups in total. The number of fused-ring (bicyclic) bond motifs is 1. The Morgan fingerprint density at radius 1 is 1.31 bits per heavy atom. The fraction of sp³-hybridized carbons (Fsp3) is 0.435. The average Bonchev–Trinajstić information content (AvgIpc) is 3.52. The number of piperidine rings is 1. The van der Waals surface area contributed by atoms with E-state index in [-0.39, 0.29) is 45.7 Å².